The van der Waals surface area contributed by atoms with Gasteiger partial charge >= 0.3 is 0 Å². The van der Waals surface area contributed by atoms with Crippen LogP contribution in [0, 0.1) is 43.6 Å². The molecule has 0 bridgehead atoms. The molecule has 1 nitrogen and oxygen atoms in total. The molecule has 0 spiro atoms. The standard InChI is InChI=1S/C31H25O/c1-21-13-17-25(18-14-21)27-28(26-19-15-22(2)16-20-26)30(24-11-7-4-8-12-24)31(32)29(27)23-9-5-3-6-10-23/h3-20,32H,1-2H3. The highest BCUT2D eigenvalue weighted by molar-refractivity contribution is 5.80. The Kier molecular flexibility index (Phi) is 5.68. The molecule has 4 aromatic rings. The number of aliphatic hydroxyl groups excluding tert-OH is 1. The van der Waals surface area contributed by atoms with Gasteiger partial charge in [-0.25, -0.2) is 0 Å². The molecular formula is C31H25O. The zero-order valence-electron chi connectivity index (χ0n) is 18.3. The van der Waals surface area contributed by atoms with Crippen molar-refractivity contribution in [2.24, 2.45) is 0 Å². The van der Waals surface area contributed by atoms with Gasteiger partial charge in [-0.3, -0.25) is 0 Å². The fourth-order valence-corrected chi connectivity index (χ4v) is 4.40. The minimum absolute atomic E-state index is 0.327. The first-order chi connectivity index (χ1) is 15.6. The van der Waals surface area contributed by atoms with Gasteiger partial charge in [0, 0.05) is 11.8 Å². The molecule has 0 amide bonds. The van der Waals surface area contributed by atoms with E-state index in [4.69, 9.17) is 0 Å². The smallest absolute Gasteiger partial charge is 0.118 e. The van der Waals surface area contributed by atoms with Crippen LogP contribution < -0.4 is 0 Å². The van der Waals surface area contributed by atoms with Gasteiger partial charge in [0.15, 0.2) is 0 Å². The number of hydrogen-bond donors (Lipinski definition) is 1. The van der Waals surface area contributed by atoms with Gasteiger partial charge in [-0.05, 0) is 36.1 Å². The van der Waals surface area contributed by atoms with Crippen LogP contribution in [0.4, 0.5) is 0 Å². The predicted octanol–water partition coefficient (Wildman–Crippen LogP) is 7.01. The molecule has 1 aliphatic rings. The molecule has 1 N–H and O–H groups in total. The molecular weight excluding hydrogens is 388 g/mol. The normalized spacial score (nSPS) is 16.6. The largest absolute Gasteiger partial charge is 0.385 e. The summed E-state index contributed by atoms with van der Waals surface area (Å²) in [5, 5.41) is 11.7. The van der Waals surface area contributed by atoms with Crippen LogP contribution in [0.15, 0.2) is 109 Å². The molecule has 32 heavy (non-hydrogen) atoms. The summed E-state index contributed by atoms with van der Waals surface area (Å²) >= 11 is 0. The fraction of sp³-hybridized carbons (Fsp3) is 0.0645. The number of aryl methyl sites for hydroxylation is 2. The van der Waals surface area contributed by atoms with Gasteiger partial charge < -0.3 is 5.11 Å². The Hall–Kier alpha value is -3.16. The highest BCUT2D eigenvalue weighted by Gasteiger charge is 2.54. The van der Waals surface area contributed by atoms with E-state index in [-0.39, 0.29) is 0 Å². The molecule has 4 aromatic carbocycles. The Bertz CT molecular complexity index is 1050. The molecule has 155 valence electrons. The Balaban J connectivity index is 1.73. The second kappa shape index (κ2) is 8.76. The van der Waals surface area contributed by atoms with Gasteiger partial charge in [0.25, 0.3) is 0 Å². The van der Waals surface area contributed by atoms with Crippen molar-refractivity contribution in [3.63, 3.8) is 0 Å². The van der Waals surface area contributed by atoms with Crippen LogP contribution in [-0.4, -0.2) is 5.11 Å². The average Bonchev–Trinajstić information content (AvgIpc) is 3.14. The molecule has 0 unspecified atom stereocenters. The SMILES string of the molecule is Cc1ccc([C]2[C](c3ccccc3)[C](O)[C](c3ccccc3)[C]2c2ccc(C)cc2)cc1. The van der Waals surface area contributed by atoms with Gasteiger partial charge in [-0.2, -0.15) is 0 Å². The van der Waals surface area contributed by atoms with E-state index >= 15 is 0 Å². The lowest BCUT2D eigenvalue weighted by molar-refractivity contribution is 0.331. The van der Waals surface area contributed by atoms with Crippen molar-refractivity contribution >= 4 is 0 Å². The highest BCUT2D eigenvalue weighted by Crippen LogP contribution is 2.61. The van der Waals surface area contributed by atoms with Crippen molar-refractivity contribution in [1.29, 1.82) is 0 Å². The van der Waals surface area contributed by atoms with Crippen LogP contribution in [-0.2, 0) is 0 Å². The average molecular weight is 414 g/mol. The summed E-state index contributed by atoms with van der Waals surface area (Å²) in [6.07, 6.45) is 0.327. The molecule has 5 rings (SSSR count). The topological polar surface area (TPSA) is 20.2 Å². The molecule has 1 aliphatic carbocycles. The van der Waals surface area contributed by atoms with Crippen molar-refractivity contribution in [1.82, 2.24) is 0 Å². The van der Waals surface area contributed by atoms with Crippen molar-refractivity contribution in [3.8, 4) is 0 Å². The molecule has 0 aliphatic heterocycles. The van der Waals surface area contributed by atoms with E-state index in [0.29, 0.717) is 6.10 Å². The van der Waals surface area contributed by atoms with Gasteiger partial charge in [0.05, 0.1) is 11.8 Å². The zero-order valence-corrected chi connectivity index (χ0v) is 18.3. The number of hydrogen-bond acceptors (Lipinski definition) is 1. The van der Waals surface area contributed by atoms with Gasteiger partial charge in [-0.15, -0.1) is 0 Å². The van der Waals surface area contributed by atoms with Gasteiger partial charge in [0.1, 0.15) is 6.10 Å². The third-order valence-electron chi connectivity index (χ3n) is 6.03. The maximum absolute atomic E-state index is 11.7. The van der Waals surface area contributed by atoms with E-state index in [0.717, 1.165) is 45.9 Å². The molecule has 1 heteroatoms. The van der Waals surface area contributed by atoms with E-state index in [1.165, 1.54) is 11.1 Å². The minimum Gasteiger partial charge on any atom is -0.385 e. The minimum atomic E-state index is 0.327. The Morgan fingerprint density at radius 3 is 1.03 bits per heavy atom. The second-order valence-electron chi connectivity index (χ2n) is 8.31. The Labute approximate surface area is 191 Å². The predicted molar refractivity (Wildman–Crippen MR) is 130 cm³/mol. The first-order valence-electron chi connectivity index (χ1n) is 10.9. The molecule has 0 aromatic heterocycles. The summed E-state index contributed by atoms with van der Waals surface area (Å²) in [6, 6.07) is 37.5. The fourth-order valence-electron chi connectivity index (χ4n) is 4.40. The van der Waals surface area contributed by atoms with E-state index in [2.05, 4.69) is 86.6 Å². The van der Waals surface area contributed by atoms with E-state index in [1.807, 2.05) is 36.4 Å². The van der Waals surface area contributed by atoms with E-state index in [9.17, 15) is 5.11 Å². The number of aliphatic hydroxyl groups is 1. The van der Waals surface area contributed by atoms with Crippen LogP contribution in [0.3, 0.4) is 0 Å². The summed E-state index contributed by atoms with van der Waals surface area (Å²) in [6.45, 7) is 4.20. The van der Waals surface area contributed by atoms with Crippen LogP contribution in [0.1, 0.15) is 33.4 Å². The third kappa shape index (κ3) is 3.78. The lowest BCUT2D eigenvalue weighted by atomic mass is 9.75. The summed E-state index contributed by atoms with van der Waals surface area (Å²) in [7, 11) is 0. The summed E-state index contributed by atoms with van der Waals surface area (Å²) in [5.41, 5.74) is 6.65. The zero-order chi connectivity index (χ0) is 22.1. The maximum Gasteiger partial charge on any atom is 0.118 e. The van der Waals surface area contributed by atoms with Crippen molar-refractivity contribution < 1.29 is 5.11 Å². The van der Waals surface area contributed by atoms with Crippen LogP contribution >= 0.6 is 0 Å². The van der Waals surface area contributed by atoms with Crippen molar-refractivity contribution in [2.75, 3.05) is 0 Å². The summed E-state index contributed by atoms with van der Waals surface area (Å²) in [4.78, 5) is 0. The van der Waals surface area contributed by atoms with Gasteiger partial charge in [-0.1, -0.05) is 120 Å². The third-order valence-corrected chi connectivity index (χ3v) is 6.03. The monoisotopic (exact) mass is 413 g/mol. The van der Waals surface area contributed by atoms with Crippen LogP contribution in [0.2, 0.25) is 0 Å². The molecule has 1 fully saturated rings. The van der Waals surface area contributed by atoms with Crippen molar-refractivity contribution in [2.45, 2.75) is 13.8 Å². The van der Waals surface area contributed by atoms with E-state index in [1.54, 1.807) is 0 Å². The number of rotatable bonds is 4. The van der Waals surface area contributed by atoms with Crippen LogP contribution in [0.25, 0.3) is 0 Å². The Morgan fingerprint density at radius 1 is 0.375 bits per heavy atom. The quantitative estimate of drug-likeness (QED) is 0.381. The van der Waals surface area contributed by atoms with Crippen molar-refractivity contribution in [3.05, 3.63) is 172 Å². The van der Waals surface area contributed by atoms with Crippen LogP contribution in [0.5, 0.6) is 0 Å². The Morgan fingerprint density at radius 2 is 0.688 bits per heavy atom. The lowest BCUT2D eigenvalue weighted by Crippen LogP contribution is -2.16. The maximum atomic E-state index is 11.7. The first kappa shape index (κ1) is 20.7. The summed E-state index contributed by atoms with van der Waals surface area (Å²) < 4.78 is 0. The molecule has 5 radical (unpaired) electrons. The molecule has 0 heterocycles. The molecule has 1 saturated carbocycles. The first-order valence-corrected chi connectivity index (χ1v) is 10.9. The highest BCUT2D eigenvalue weighted by atomic mass is 16.3. The lowest BCUT2D eigenvalue weighted by Gasteiger charge is -2.26. The van der Waals surface area contributed by atoms with Gasteiger partial charge in [0.2, 0.25) is 0 Å². The van der Waals surface area contributed by atoms with E-state index < -0.39 is 0 Å². The second-order valence-corrected chi connectivity index (χ2v) is 8.31. The molecule has 0 atom stereocenters. The summed E-state index contributed by atoms with van der Waals surface area (Å²) in [5.74, 6) is 3.89. The number of benzene rings is 4. The molecule has 0 saturated heterocycles.